The second-order valence-electron chi connectivity index (χ2n) is 7.23. The Morgan fingerprint density at radius 2 is 1.83 bits per heavy atom. The van der Waals surface area contributed by atoms with Gasteiger partial charge in [-0.05, 0) is 34.2 Å². The van der Waals surface area contributed by atoms with Gasteiger partial charge in [0, 0.05) is 0 Å². The lowest BCUT2D eigenvalue weighted by Gasteiger charge is -2.36. The molecule has 2 N–H and O–H groups in total. The van der Waals surface area contributed by atoms with Crippen LogP contribution in [0.15, 0.2) is 77.5 Å². The second-order valence-corrected chi connectivity index (χ2v) is 7.23. The van der Waals surface area contributed by atoms with Crippen molar-refractivity contribution in [1.29, 1.82) is 5.26 Å². The minimum Gasteiger partial charge on any atom is -0.466 e. The highest BCUT2D eigenvalue weighted by atomic mass is 19.1. The van der Waals surface area contributed by atoms with E-state index in [4.69, 9.17) is 15.2 Å². The van der Waals surface area contributed by atoms with Crippen LogP contribution in [0.5, 0.6) is 0 Å². The zero-order valence-corrected chi connectivity index (χ0v) is 18.5. The Kier molecular flexibility index (Phi) is 6.23. The molecular formula is C23H18FN7O4. The highest BCUT2D eigenvalue weighted by molar-refractivity contribution is 6.06. The van der Waals surface area contributed by atoms with Crippen LogP contribution in [0.2, 0.25) is 0 Å². The first-order valence-corrected chi connectivity index (χ1v) is 10.1. The molecule has 1 aliphatic rings. The number of carbonyl (C=O) groups excluding carboxylic acids is 2. The summed E-state index contributed by atoms with van der Waals surface area (Å²) in [7, 11) is 2.23. The number of aromatic nitrogens is 4. The maximum absolute atomic E-state index is 15.2. The molecule has 1 aliphatic heterocycles. The van der Waals surface area contributed by atoms with Crippen molar-refractivity contribution in [2.75, 3.05) is 19.1 Å². The fourth-order valence-electron chi connectivity index (χ4n) is 3.86. The van der Waals surface area contributed by atoms with Crippen LogP contribution in [0.3, 0.4) is 0 Å². The van der Waals surface area contributed by atoms with Gasteiger partial charge in [0.25, 0.3) is 0 Å². The number of rotatable bonds is 5. The summed E-state index contributed by atoms with van der Waals surface area (Å²) in [4.78, 5) is 27.1. The lowest BCUT2D eigenvalue weighted by Crippen LogP contribution is -2.41. The van der Waals surface area contributed by atoms with Crippen LogP contribution in [-0.2, 0) is 19.1 Å². The van der Waals surface area contributed by atoms with Gasteiger partial charge in [0.2, 0.25) is 0 Å². The van der Waals surface area contributed by atoms with Crippen molar-refractivity contribution >= 4 is 17.6 Å². The summed E-state index contributed by atoms with van der Waals surface area (Å²) < 4.78 is 26.4. The summed E-state index contributed by atoms with van der Waals surface area (Å²) in [6.07, 6.45) is 1.29. The zero-order chi connectivity index (χ0) is 25.1. The van der Waals surface area contributed by atoms with Crippen molar-refractivity contribution in [3.8, 4) is 11.8 Å². The number of nitrogens with zero attached hydrogens (tertiary/aromatic N) is 6. The van der Waals surface area contributed by atoms with Gasteiger partial charge in [0.05, 0.1) is 48.7 Å². The van der Waals surface area contributed by atoms with E-state index < -0.39 is 29.4 Å². The summed E-state index contributed by atoms with van der Waals surface area (Å²) in [5.41, 5.74) is 6.27. The van der Waals surface area contributed by atoms with Gasteiger partial charge in [-0.1, -0.05) is 30.3 Å². The van der Waals surface area contributed by atoms with Gasteiger partial charge in [0.15, 0.2) is 0 Å². The largest absolute Gasteiger partial charge is 0.466 e. The van der Waals surface area contributed by atoms with Crippen LogP contribution in [0, 0.1) is 17.1 Å². The van der Waals surface area contributed by atoms with Gasteiger partial charge >= 0.3 is 11.9 Å². The number of halogens is 1. The fourth-order valence-corrected chi connectivity index (χ4v) is 3.86. The molecule has 1 atom stereocenters. The van der Waals surface area contributed by atoms with E-state index in [0.717, 1.165) is 25.2 Å². The molecule has 2 aromatic carbocycles. The van der Waals surface area contributed by atoms with Crippen molar-refractivity contribution in [2.24, 2.45) is 5.73 Å². The van der Waals surface area contributed by atoms with Crippen LogP contribution in [0.25, 0.3) is 5.69 Å². The molecular weight excluding hydrogens is 457 g/mol. The number of methoxy groups -OCH3 is 2. The number of carbonyl (C=O) groups is 2. The molecule has 0 spiro atoms. The molecule has 2 heterocycles. The molecule has 35 heavy (non-hydrogen) atoms. The summed E-state index contributed by atoms with van der Waals surface area (Å²) in [5.74, 6) is -4.03. The Hall–Kier alpha value is -5.05. The molecule has 0 fully saturated rings. The molecule has 12 heteroatoms. The Labute approximate surface area is 198 Å². The van der Waals surface area contributed by atoms with Crippen molar-refractivity contribution < 1.29 is 23.5 Å². The lowest BCUT2D eigenvalue weighted by molar-refractivity contribution is -0.139. The maximum atomic E-state index is 15.2. The standard InChI is InChI=1S/C23H18FN7O4/c1-34-22(32)19-18(13-6-4-3-5-7-13)15(11-25)21(26)31(20(19)23(33)35-2)17-10-14(8-9-16(17)24)30-12-27-28-29-30/h3-10,12,18H,26H2,1-2H3. The number of anilines is 1. The summed E-state index contributed by atoms with van der Waals surface area (Å²) in [6.45, 7) is 0. The number of hydrogen-bond acceptors (Lipinski definition) is 10. The first-order valence-electron chi connectivity index (χ1n) is 10.1. The van der Waals surface area contributed by atoms with Crippen LogP contribution >= 0.6 is 0 Å². The molecule has 0 aliphatic carbocycles. The number of nitriles is 1. The van der Waals surface area contributed by atoms with Gasteiger partial charge in [-0.15, -0.1) is 5.10 Å². The molecule has 1 aromatic heterocycles. The molecule has 0 radical (unpaired) electrons. The summed E-state index contributed by atoms with van der Waals surface area (Å²) in [6, 6.07) is 14.3. The van der Waals surface area contributed by atoms with Gasteiger partial charge in [-0.25, -0.2) is 18.7 Å². The number of tetrazole rings is 1. The van der Waals surface area contributed by atoms with E-state index in [1.54, 1.807) is 30.3 Å². The highest BCUT2D eigenvalue weighted by Gasteiger charge is 2.43. The molecule has 0 saturated carbocycles. The van der Waals surface area contributed by atoms with Crippen molar-refractivity contribution in [3.63, 3.8) is 0 Å². The van der Waals surface area contributed by atoms with E-state index in [1.807, 2.05) is 6.07 Å². The average molecular weight is 475 g/mol. The summed E-state index contributed by atoms with van der Waals surface area (Å²) in [5, 5.41) is 20.9. The average Bonchev–Trinajstić information content (AvgIpc) is 3.43. The molecule has 1 unspecified atom stereocenters. The van der Waals surface area contributed by atoms with E-state index in [1.165, 1.54) is 23.1 Å². The minimum atomic E-state index is -1.07. The van der Waals surface area contributed by atoms with E-state index >= 15 is 4.39 Å². The van der Waals surface area contributed by atoms with E-state index in [-0.39, 0.29) is 22.7 Å². The maximum Gasteiger partial charge on any atom is 0.355 e. The Morgan fingerprint density at radius 1 is 1.11 bits per heavy atom. The number of allylic oxidation sites excluding steroid dienone is 1. The predicted molar refractivity (Wildman–Crippen MR) is 119 cm³/mol. The van der Waals surface area contributed by atoms with E-state index in [2.05, 4.69) is 15.5 Å². The predicted octanol–water partition coefficient (Wildman–Crippen LogP) is 1.70. The molecule has 0 amide bonds. The summed E-state index contributed by atoms with van der Waals surface area (Å²) >= 11 is 0. The van der Waals surface area contributed by atoms with Gasteiger partial charge in [-0.2, -0.15) is 5.26 Å². The number of hydrogen-bond donors (Lipinski definition) is 1. The molecule has 3 aromatic rings. The zero-order valence-electron chi connectivity index (χ0n) is 18.5. The van der Waals surface area contributed by atoms with E-state index in [9.17, 15) is 14.9 Å². The number of ether oxygens (including phenoxy) is 2. The van der Waals surface area contributed by atoms with E-state index in [0.29, 0.717) is 11.3 Å². The third-order valence-corrected chi connectivity index (χ3v) is 5.39. The number of esters is 2. The third-order valence-electron chi connectivity index (χ3n) is 5.39. The smallest absolute Gasteiger partial charge is 0.355 e. The Morgan fingerprint density at radius 3 is 2.43 bits per heavy atom. The van der Waals surface area contributed by atoms with Gasteiger partial charge in [0.1, 0.15) is 23.7 Å². The molecule has 0 saturated heterocycles. The minimum absolute atomic E-state index is 0.0866. The SMILES string of the molecule is COC(=O)C1=C(C(=O)OC)N(c2cc(-n3cnnn3)ccc2F)C(N)=C(C#N)C1c1ccccc1. The first kappa shape index (κ1) is 23.1. The normalized spacial score (nSPS) is 15.6. The number of nitrogens with two attached hydrogens (primary N) is 1. The monoisotopic (exact) mass is 475 g/mol. The molecule has 0 bridgehead atoms. The Bertz CT molecular complexity index is 1390. The van der Waals surface area contributed by atoms with Gasteiger partial charge in [-0.3, -0.25) is 4.90 Å². The number of benzene rings is 2. The van der Waals surface area contributed by atoms with Crippen molar-refractivity contribution in [3.05, 3.63) is 88.9 Å². The van der Waals surface area contributed by atoms with Crippen molar-refractivity contribution in [1.82, 2.24) is 20.2 Å². The van der Waals surface area contributed by atoms with Gasteiger partial charge < -0.3 is 15.2 Å². The molecule has 11 nitrogen and oxygen atoms in total. The van der Waals surface area contributed by atoms with Crippen molar-refractivity contribution in [2.45, 2.75) is 5.92 Å². The molecule has 4 rings (SSSR count). The highest BCUT2D eigenvalue weighted by Crippen LogP contribution is 2.43. The Balaban J connectivity index is 2.06. The first-order chi connectivity index (χ1) is 16.9. The van der Waals surface area contributed by atoms with Crippen LogP contribution in [0.4, 0.5) is 10.1 Å². The topological polar surface area (TPSA) is 149 Å². The quantitative estimate of drug-likeness (QED) is 0.540. The van der Waals surface area contributed by atoms with Crippen LogP contribution < -0.4 is 10.6 Å². The second kappa shape index (κ2) is 9.44. The lowest BCUT2D eigenvalue weighted by atomic mass is 9.81. The fraction of sp³-hybridized carbons (Fsp3) is 0.130. The third kappa shape index (κ3) is 3.95. The van der Waals surface area contributed by atoms with Crippen LogP contribution in [-0.4, -0.2) is 46.4 Å². The van der Waals surface area contributed by atoms with Crippen LogP contribution in [0.1, 0.15) is 11.5 Å². The molecule has 176 valence electrons.